The fourth-order valence-electron chi connectivity index (χ4n) is 4.60. The molecule has 0 saturated carbocycles. The SMILES string of the molecule is CC(C)(F)c1nc(-c2ccc(N3CC4CC(C3)N4C(=O)C3CCSCC3)nc2)no1. The first kappa shape index (κ1) is 19.8. The lowest BCUT2D eigenvalue weighted by atomic mass is 9.85. The molecule has 6 rings (SSSR count). The first-order chi connectivity index (χ1) is 14.4. The summed E-state index contributed by atoms with van der Waals surface area (Å²) >= 11 is 1.95. The summed E-state index contributed by atoms with van der Waals surface area (Å²) in [6.07, 6.45) is 4.82. The number of piperazine rings is 1. The number of rotatable bonds is 4. The molecule has 4 fully saturated rings. The number of amides is 1. The van der Waals surface area contributed by atoms with Gasteiger partial charge in [0.25, 0.3) is 5.89 Å². The zero-order valence-corrected chi connectivity index (χ0v) is 18.1. The van der Waals surface area contributed by atoms with Crippen molar-refractivity contribution in [1.29, 1.82) is 0 Å². The largest absolute Gasteiger partial charge is 0.352 e. The average Bonchev–Trinajstić information content (AvgIpc) is 3.25. The van der Waals surface area contributed by atoms with Gasteiger partial charge < -0.3 is 14.3 Å². The summed E-state index contributed by atoms with van der Waals surface area (Å²) in [5, 5.41) is 3.86. The van der Waals surface area contributed by atoms with Crippen molar-refractivity contribution < 1.29 is 13.7 Å². The van der Waals surface area contributed by atoms with Crippen LogP contribution in [0.4, 0.5) is 10.2 Å². The molecule has 2 bridgehead atoms. The molecule has 4 saturated heterocycles. The van der Waals surface area contributed by atoms with Gasteiger partial charge in [-0.05, 0) is 56.7 Å². The molecule has 0 N–H and O–H groups in total. The fourth-order valence-corrected chi connectivity index (χ4v) is 5.71. The second kappa shape index (κ2) is 7.51. The van der Waals surface area contributed by atoms with Gasteiger partial charge in [-0.1, -0.05) is 5.16 Å². The maximum Gasteiger partial charge on any atom is 0.264 e. The van der Waals surface area contributed by atoms with Crippen molar-refractivity contribution in [3.05, 3.63) is 24.2 Å². The molecular formula is C21H26FN5O2S. The lowest BCUT2D eigenvalue weighted by Crippen LogP contribution is -2.71. The molecule has 2 unspecified atom stereocenters. The molecule has 2 aromatic heterocycles. The number of alkyl halides is 1. The van der Waals surface area contributed by atoms with E-state index < -0.39 is 5.67 Å². The van der Waals surface area contributed by atoms with Gasteiger partial charge >= 0.3 is 0 Å². The van der Waals surface area contributed by atoms with Crippen molar-refractivity contribution >= 4 is 23.5 Å². The van der Waals surface area contributed by atoms with Crippen LogP contribution >= 0.6 is 11.8 Å². The second-order valence-corrected chi connectivity index (χ2v) is 10.1. The molecule has 1 amide bonds. The van der Waals surface area contributed by atoms with Crippen LogP contribution in [0.15, 0.2) is 22.9 Å². The van der Waals surface area contributed by atoms with Gasteiger partial charge in [-0.2, -0.15) is 16.7 Å². The highest BCUT2D eigenvalue weighted by Crippen LogP contribution is 2.37. The van der Waals surface area contributed by atoms with Gasteiger partial charge in [0.15, 0.2) is 5.67 Å². The number of carbonyl (C=O) groups excluding carboxylic acids is 1. The number of carbonyl (C=O) groups is 1. The molecular weight excluding hydrogens is 405 g/mol. The number of piperidine rings is 1. The van der Waals surface area contributed by atoms with Crippen LogP contribution in [0.25, 0.3) is 11.4 Å². The number of halogens is 1. The molecule has 6 heterocycles. The molecule has 2 aromatic rings. The van der Waals surface area contributed by atoms with Crippen LogP contribution < -0.4 is 4.90 Å². The minimum Gasteiger partial charge on any atom is -0.352 e. The maximum atomic E-state index is 14.0. The van der Waals surface area contributed by atoms with Gasteiger partial charge in [0.1, 0.15) is 5.82 Å². The fraction of sp³-hybridized carbons (Fsp3) is 0.619. The highest BCUT2D eigenvalue weighted by molar-refractivity contribution is 7.99. The Balaban J connectivity index is 1.24. The second-order valence-electron chi connectivity index (χ2n) is 8.88. The third-order valence-electron chi connectivity index (χ3n) is 6.28. The van der Waals surface area contributed by atoms with E-state index in [9.17, 15) is 9.18 Å². The van der Waals surface area contributed by atoms with Crippen molar-refractivity contribution in [2.45, 2.75) is 50.9 Å². The van der Waals surface area contributed by atoms with Crippen LogP contribution in [-0.2, 0) is 10.5 Å². The van der Waals surface area contributed by atoms with Crippen LogP contribution in [0.3, 0.4) is 0 Å². The lowest BCUT2D eigenvalue weighted by molar-refractivity contribution is -0.151. The van der Waals surface area contributed by atoms with E-state index in [1.165, 1.54) is 13.8 Å². The Bertz CT molecular complexity index is 910. The third-order valence-corrected chi connectivity index (χ3v) is 7.33. The number of anilines is 1. The van der Waals surface area contributed by atoms with Gasteiger partial charge in [-0.3, -0.25) is 4.79 Å². The monoisotopic (exact) mass is 431 g/mol. The number of hydrogen-bond donors (Lipinski definition) is 0. The Morgan fingerprint density at radius 1 is 1.23 bits per heavy atom. The standard InChI is InChI=1S/C21H26FN5O2S/c1-21(2,22)20-24-18(25-29-20)14-3-4-17(23-10-14)26-11-15-9-16(12-26)27(15)19(28)13-5-7-30-8-6-13/h3-4,10,13,15-16H,5-9,11-12H2,1-2H3. The molecule has 160 valence electrons. The first-order valence-electron chi connectivity index (χ1n) is 10.5. The third kappa shape index (κ3) is 3.57. The van der Waals surface area contributed by atoms with E-state index in [1.54, 1.807) is 6.20 Å². The Labute approximate surface area is 179 Å². The Hall–Kier alpha value is -2.16. The molecule has 0 spiro atoms. The number of hydrogen-bond acceptors (Lipinski definition) is 7. The summed E-state index contributed by atoms with van der Waals surface area (Å²) in [5.74, 6) is 3.96. The molecule has 4 aliphatic rings. The number of pyridine rings is 1. The zero-order chi connectivity index (χ0) is 20.9. The Morgan fingerprint density at radius 2 is 1.97 bits per heavy atom. The van der Waals surface area contributed by atoms with E-state index in [0.29, 0.717) is 29.4 Å². The molecule has 0 aliphatic carbocycles. The molecule has 0 radical (unpaired) electrons. The van der Waals surface area contributed by atoms with Gasteiger partial charge in [0.05, 0.1) is 12.1 Å². The van der Waals surface area contributed by atoms with Crippen LogP contribution in [0.2, 0.25) is 0 Å². The number of nitrogens with zero attached hydrogens (tertiary/aromatic N) is 5. The molecule has 7 nitrogen and oxygen atoms in total. The van der Waals surface area contributed by atoms with Gasteiger partial charge in [-0.15, -0.1) is 0 Å². The van der Waals surface area contributed by atoms with Crippen LogP contribution in [0.5, 0.6) is 0 Å². The highest BCUT2D eigenvalue weighted by Gasteiger charge is 2.48. The van der Waals surface area contributed by atoms with E-state index in [0.717, 1.165) is 49.7 Å². The molecule has 0 aromatic carbocycles. The summed E-state index contributed by atoms with van der Waals surface area (Å²) in [7, 11) is 0. The van der Waals surface area contributed by atoms with Crippen molar-refractivity contribution in [1.82, 2.24) is 20.0 Å². The zero-order valence-electron chi connectivity index (χ0n) is 17.3. The summed E-state index contributed by atoms with van der Waals surface area (Å²) in [4.78, 5) is 26.0. The quantitative estimate of drug-likeness (QED) is 0.735. The van der Waals surface area contributed by atoms with Gasteiger partial charge in [-0.25, -0.2) is 9.37 Å². The average molecular weight is 432 g/mol. The van der Waals surface area contributed by atoms with Crippen molar-refractivity contribution in [3.8, 4) is 11.4 Å². The van der Waals surface area contributed by atoms with Crippen LogP contribution in [0.1, 0.15) is 39.0 Å². The number of aromatic nitrogens is 3. The topological polar surface area (TPSA) is 75.4 Å². The molecule has 2 atom stereocenters. The smallest absolute Gasteiger partial charge is 0.264 e. The number of thioether (sulfide) groups is 1. The van der Waals surface area contributed by atoms with Gasteiger partial charge in [0, 0.05) is 30.8 Å². The predicted molar refractivity (Wildman–Crippen MR) is 113 cm³/mol. The normalized spacial score (nSPS) is 24.6. The lowest BCUT2D eigenvalue weighted by Gasteiger charge is -2.57. The maximum absolute atomic E-state index is 14.0. The number of fused-ring (bicyclic) bond motifs is 2. The predicted octanol–water partition coefficient (Wildman–Crippen LogP) is 3.27. The minimum absolute atomic E-state index is 0.0426. The summed E-state index contributed by atoms with van der Waals surface area (Å²) in [6, 6.07) is 4.39. The van der Waals surface area contributed by atoms with Crippen LogP contribution in [-0.4, -0.2) is 62.6 Å². The Morgan fingerprint density at radius 3 is 2.57 bits per heavy atom. The summed E-state index contributed by atoms with van der Waals surface area (Å²) in [6.45, 7) is 4.40. The van der Waals surface area contributed by atoms with E-state index in [1.807, 2.05) is 23.9 Å². The van der Waals surface area contributed by atoms with Gasteiger partial charge in [0.2, 0.25) is 11.7 Å². The van der Waals surface area contributed by atoms with Crippen LogP contribution in [0, 0.1) is 5.92 Å². The highest BCUT2D eigenvalue weighted by atomic mass is 32.2. The molecule has 30 heavy (non-hydrogen) atoms. The molecule has 4 aliphatic heterocycles. The van der Waals surface area contributed by atoms with E-state index in [4.69, 9.17) is 4.52 Å². The summed E-state index contributed by atoms with van der Waals surface area (Å²) < 4.78 is 19.0. The van der Waals surface area contributed by atoms with Crippen molar-refractivity contribution in [2.75, 3.05) is 29.5 Å². The van der Waals surface area contributed by atoms with Crippen molar-refractivity contribution in [2.24, 2.45) is 5.92 Å². The van der Waals surface area contributed by atoms with E-state index in [-0.39, 0.29) is 11.8 Å². The minimum atomic E-state index is -1.67. The molecule has 9 heteroatoms. The Kier molecular flexibility index (Phi) is 4.95. The van der Waals surface area contributed by atoms with Crippen molar-refractivity contribution in [3.63, 3.8) is 0 Å². The van der Waals surface area contributed by atoms with E-state index >= 15 is 0 Å². The first-order valence-corrected chi connectivity index (χ1v) is 11.7. The summed E-state index contributed by atoms with van der Waals surface area (Å²) in [5.41, 5.74) is -0.986. The van der Waals surface area contributed by atoms with E-state index in [2.05, 4.69) is 24.9 Å².